The average molecular weight is 366 g/mol. The molecule has 3 nitrogen and oxygen atoms in total. The Kier molecular flexibility index (Phi) is 7.48. The van der Waals surface area contributed by atoms with E-state index in [4.69, 9.17) is 0 Å². The van der Waals surface area contributed by atoms with Crippen molar-refractivity contribution in [1.29, 1.82) is 0 Å². The van der Waals surface area contributed by atoms with Crippen LogP contribution in [0.2, 0.25) is 0 Å². The molecule has 6 heteroatoms. The van der Waals surface area contributed by atoms with Gasteiger partial charge in [0.1, 0.15) is 5.82 Å². The lowest BCUT2D eigenvalue weighted by Crippen LogP contribution is -2.38. The minimum atomic E-state index is -0.308. The molecule has 1 aliphatic heterocycles. The fraction of sp³-hybridized carbons (Fsp3) is 0.500. The minimum Gasteiger partial charge on any atom is -0.355 e. The Morgan fingerprint density at radius 2 is 2.30 bits per heavy atom. The summed E-state index contributed by atoms with van der Waals surface area (Å²) in [6.45, 7) is 2.77. The van der Waals surface area contributed by atoms with Gasteiger partial charge in [0, 0.05) is 6.54 Å². The first-order valence-corrected chi connectivity index (χ1v) is 7.36. The monoisotopic (exact) mass is 364 g/mol. The summed E-state index contributed by atoms with van der Waals surface area (Å²) in [6, 6.07) is 4.66. The molecule has 0 spiro atoms. The third-order valence-electron chi connectivity index (χ3n) is 3.34. The number of carbonyl (C=O) groups is 1. The van der Waals surface area contributed by atoms with Gasteiger partial charge in [-0.2, -0.15) is 0 Å². The van der Waals surface area contributed by atoms with Crippen LogP contribution in [-0.4, -0.2) is 25.5 Å². The van der Waals surface area contributed by atoms with Crippen LogP contribution in [0.5, 0.6) is 0 Å². The number of benzene rings is 1. The van der Waals surface area contributed by atoms with Crippen molar-refractivity contribution >= 4 is 34.2 Å². The van der Waals surface area contributed by atoms with E-state index in [-0.39, 0.29) is 24.1 Å². The van der Waals surface area contributed by atoms with Gasteiger partial charge < -0.3 is 10.6 Å². The zero-order valence-corrected chi connectivity index (χ0v) is 13.5. The highest BCUT2D eigenvalue weighted by atomic mass is 79.9. The lowest BCUT2D eigenvalue weighted by atomic mass is 10.00. The SMILES string of the molecule is Cl.O=C(Cc1ccc(F)c(Br)c1)NCC1CCCNC1. The molecule has 0 aliphatic carbocycles. The van der Waals surface area contributed by atoms with Crippen molar-refractivity contribution in [3.63, 3.8) is 0 Å². The molecule has 0 saturated carbocycles. The van der Waals surface area contributed by atoms with Crippen molar-refractivity contribution in [3.8, 4) is 0 Å². The van der Waals surface area contributed by atoms with Crippen LogP contribution in [0.3, 0.4) is 0 Å². The number of piperidine rings is 1. The van der Waals surface area contributed by atoms with Crippen LogP contribution >= 0.6 is 28.3 Å². The molecular formula is C14H19BrClFN2O. The Morgan fingerprint density at radius 3 is 2.95 bits per heavy atom. The molecule has 1 aromatic rings. The van der Waals surface area contributed by atoms with Gasteiger partial charge in [0.15, 0.2) is 0 Å². The topological polar surface area (TPSA) is 41.1 Å². The van der Waals surface area contributed by atoms with Gasteiger partial charge in [0.25, 0.3) is 0 Å². The maximum absolute atomic E-state index is 13.1. The Balaban J connectivity index is 0.00000200. The lowest BCUT2D eigenvalue weighted by Gasteiger charge is -2.22. The molecule has 1 atom stereocenters. The largest absolute Gasteiger partial charge is 0.355 e. The third kappa shape index (κ3) is 5.38. The Bertz CT molecular complexity index is 453. The van der Waals surface area contributed by atoms with Crippen molar-refractivity contribution in [2.45, 2.75) is 19.3 Å². The van der Waals surface area contributed by atoms with E-state index >= 15 is 0 Å². The van der Waals surface area contributed by atoms with Crippen LogP contribution in [0.25, 0.3) is 0 Å². The van der Waals surface area contributed by atoms with E-state index in [1.54, 1.807) is 12.1 Å². The second-order valence-electron chi connectivity index (χ2n) is 4.94. The van der Waals surface area contributed by atoms with E-state index in [0.29, 0.717) is 23.4 Å². The molecule has 112 valence electrons. The van der Waals surface area contributed by atoms with Crippen LogP contribution in [0, 0.1) is 11.7 Å². The fourth-order valence-corrected chi connectivity index (χ4v) is 2.68. The highest BCUT2D eigenvalue weighted by molar-refractivity contribution is 9.10. The first kappa shape index (κ1) is 17.4. The summed E-state index contributed by atoms with van der Waals surface area (Å²) < 4.78 is 13.5. The number of halogens is 3. The number of carbonyl (C=O) groups excluding carboxylic acids is 1. The summed E-state index contributed by atoms with van der Waals surface area (Å²) in [7, 11) is 0. The molecule has 20 heavy (non-hydrogen) atoms. The van der Waals surface area contributed by atoms with Gasteiger partial charge in [-0.15, -0.1) is 12.4 Å². The highest BCUT2D eigenvalue weighted by Gasteiger charge is 2.14. The molecule has 0 aromatic heterocycles. The lowest BCUT2D eigenvalue weighted by molar-refractivity contribution is -0.120. The average Bonchev–Trinajstić information content (AvgIpc) is 2.42. The van der Waals surface area contributed by atoms with E-state index in [0.717, 1.165) is 25.1 Å². The molecule has 1 aromatic carbocycles. The maximum atomic E-state index is 13.1. The quantitative estimate of drug-likeness (QED) is 0.861. The highest BCUT2D eigenvalue weighted by Crippen LogP contribution is 2.17. The predicted octanol–water partition coefficient (Wildman–Crippen LogP) is 2.67. The van der Waals surface area contributed by atoms with Gasteiger partial charge in [-0.3, -0.25) is 4.79 Å². The van der Waals surface area contributed by atoms with Gasteiger partial charge >= 0.3 is 0 Å². The summed E-state index contributed by atoms with van der Waals surface area (Å²) in [6.07, 6.45) is 2.62. The standard InChI is InChI=1S/C14H18BrFN2O.ClH/c15-12-6-10(3-4-13(12)16)7-14(19)18-9-11-2-1-5-17-8-11;/h3-4,6,11,17H,1-2,5,7-9H2,(H,18,19);1H. The molecule has 1 heterocycles. The van der Waals surface area contributed by atoms with Gasteiger partial charge in [-0.05, 0) is 65.5 Å². The zero-order chi connectivity index (χ0) is 13.7. The molecule has 1 aliphatic rings. The maximum Gasteiger partial charge on any atom is 0.224 e. The van der Waals surface area contributed by atoms with Crippen molar-refractivity contribution in [2.24, 2.45) is 5.92 Å². The van der Waals surface area contributed by atoms with Crippen molar-refractivity contribution in [3.05, 3.63) is 34.1 Å². The van der Waals surface area contributed by atoms with E-state index in [2.05, 4.69) is 26.6 Å². The summed E-state index contributed by atoms with van der Waals surface area (Å²) in [5.41, 5.74) is 0.813. The van der Waals surface area contributed by atoms with Crippen molar-refractivity contribution in [2.75, 3.05) is 19.6 Å². The molecule has 1 fully saturated rings. The van der Waals surface area contributed by atoms with E-state index in [9.17, 15) is 9.18 Å². The molecule has 0 bridgehead atoms. The summed E-state index contributed by atoms with van der Waals surface area (Å²) >= 11 is 3.12. The number of hydrogen-bond donors (Lipinski definition) is 2. The summed E-state index contributed by atoms with van der Waals surface area (Å²) in [5, 5.41) is 6.27. The molecule has 1 unspecified atom stereocenters. The van der Waals surface area contributed by atoms with E-state index < -0.39 is 0 Å². The minimum absolute atomic E-state index is 0. The zero-order valence-electron chi connectivity index (χ0n) is 11.1. The Labute approximate surface area is 133 Å². The molecule has 1 saturated heterocycles. The van der Waals surface area contributed by atoms with Crippen molar-refractivity contribution in [1.82, 2.24) is 10.6 Å². The summed E-state index contributed by atoms with van der Waals surface area (Å²) in [4.78, 5) is 11.8. The molecule has 2 rings (SSSR count). The molecular weight excluding hydrogens is 347 g/mol. The number of rotatable bonds is 4. The first-order chi connectivity index (χ1) is 9.15. The van der Waals surface area contributed by atoms with Gasteiger partial charge in [0.2, 0.25) is 5.91 Å². The first-order valence-electron chi connectivity index (χ1n) is 6.56. The van der Waals surface area contributed by atoms with Gasteiger partial charge in [0.05, 0.1) is 10.9 Å². The van der Waals surface area contributed by atoms with Crippen LogP contribution in [0.15, 0.2) is 22.7 Å². The molecule has 0 radical (unpaired) electrons. The second kappa shape index (κ2) is 8.60. The normalized spacial score (nSPS) is 18.2. The van der Waals surface area contributed by atoms with Gasteiger partial charge in [-0.1, -0.05) is 6.07 Å². The second-order valence-corrected chi connectivity index (χ2v) is 5.80. The molecule has 2 N–H and O–H groups in total. The third-order valence-corrected chi connectivity index (χ3v) is 3.94. The number of nitrogens with one attached hydrogen (secondary N) is 2. The van der Waals surface area contributed by atoms with Crippen LogP contribution < -0.4 is 10.6 Å². The fourth-order valence-electron chi connectivity index (χ4n) is 2.25. The van der Waals surface area contributed by atoms with Crippen LogP contribution in [-0.2, 0) is 11.2 Å². The predicted molar refractivity (Wildman–Crippen MR) is 83.7 cm³/mol. The Morgan fingerprint density at radius 1 is 1.50 bits per heavy atom. The van der Waals surface area contributed by atoms with E-state index in [1.165, 1.54) is 12.5 Å². The van der Waals surface area contributed by atoms with Crippen LogP contribution in [0.1, 0.15) is 18.4 Å². The smallest absolute Gasteiger partial charge is 0.224 e. The van der Waals surface area contributed by atoms with E-state index in [1.807, 2.05) is 0 Å². The van der Waals surface area contributed by atoms with Gasteiger partial charge in [-0.25, -0.2) is 4.39 Å². The summed E-state index contributed by atoms with van der Waals surface area (Å²) in [5.74, 6) is 0.208. The molecule has 1 amide bonds. The van der Waals surface area contributed by atoms with Crippen molar-refractivity contribution < 1.29 is 9.18 Å². The van der Waals surface area contributed by atoms with Crippen LogP contribution in [0.4, 0.5) is 4.39 Å². The number of hydrogen-bond acceptors (Lipinski definition) is 2. The number of amides is 1. The Hall–Kier alpha value is -0.650.